The van der Waals surface area contributed by atoms with Gasteiger partial charge < -0.3 is 4.74 Å². The lowest BCUT2D eigenvalue weighted by molar-refractivity contribution is 0.409. The third-order valence-electron chi connectivity index (χ3n) is 3.55. The molecule has 4 nitrogen and oxygen atoms in total. The highest BCUT2D eigenvalue weighted by Crippen LogP contribution is 2.31. The predicted molar refractivity (Wildman–Crippen MR) is 91.0 cm³/mol. The van der Waals surface area contributed by atoms with Crippen LogP contribution in [0.25, 0.3) is 11.1 Å². The lowest BCUT2D eigenvalue weighted by Gasteiger charge is -2.12. The first-order valence-corrected chi connectivity index (χ1v) is 7.51. The molecule has 0 aliphatic rings. The minimum absolute atomic E-state index is 0.235. The van der Waals surface area contributed by atoms with Crippen molar-refractivity contribution in [2.75, 3.05) is 7.11 Å². The molecule has 1 heterocycles. The summed E-state index contributed by atoms with van der Waals surface area (Å²) < 4.78 is 6.72. The molecule has 0 N–H and O–H groups in total. The summed E-state index contributed by atoms with van der Waals surface area (Å²) in [6.45, 7) is 0.390. The molecule has 0 bridgehead atoms. The monoisotopic (exact) mass is 326 g/mol. The third-order valence-corrected chi connectivity index (χ3v) is 3.88. The molecule has 0 unspecified atom stereocenters. The molecule has 0 saturated heterocycles. The Morgan fingerprint density at radius 3 is 2.48 bits per heavy atom. The lowest BCUT2D eigenvalue weighted by atomic mass is 10.1. The van der Waals surface area contributed by atoms with Gasteiger partial charge in [-0.15, -0.1) is 0 Å². The van der Waals surface area contributed by atoms with E-state index in [1.165, 1.54) is 11.8 Å². The van der Waals surface area contributed by atoms with Crippen LogP contribution in [0.5, 0.6) is 5.75 Å². The molecular weight excluding hydrogens is 312 g/mol. The molecule has 2 aromatic carbocycles. The molecule has 23 heavy (non-hydrogen) atoms. The number of hydrogen-bond acceptors (Lipinski definition) is 3. The zero-order valence-corrected chi connectivity index (χ0v) is 13.3. The summed E-state index contributed by atoms with van der Waals surface area (Å²) in [4.78, 5) is 12.9. The van der Waals surface area contributed by atoms with Gasteiger partial charge in [-0.3, -0.25) is 4.79 Å². The first-order valence-electron chi connectivity index (χ1n) is 7.13. The maximum atomic E-state index is 12.9. The van der Waals surface area contributed by atoms with Gasteiger partial charge in [-0.05, 0) is 11.6 Å². The largest absolute Gasteiger partial charge is 0.494 e. The van der Waals surface area contributed by atoms with E-state index < -0.39 is 0 Å². The van der Waals surface area contributed by atoms with Crippen LogP contribution < -0.4 is 10.3 Å². The average molecular weight is 327 g/mol. The van der Waals surface area contributed by atoms with Crippen LogP contribution >= 0.6 is 11.6 Å². The Hall–Kier alpha value is -2.59. The van der Waals surface area contributed by atoms with Crippen LogP contribution in [0.3, 0.4) is 0 Å². The van der Waals surface area contributed by atoms with E-state index >= 15 is 0 Å². The zero-order chi connectivity index (χ0) is 16.2. The van der Waals surface area contributed by atoms with Gasteiger partial charge in [0.1, 0.15) is 0 Å². The molecule has 0 saturated carbocycles. The molecule has 0 atom stereocenters. The van der Waals surface area contributed by atoms with Crippen molar-refractivity contribution in [1.29, 1.82) is 0 Å². The Bertz CT molecular complexity index is 876. The molecule has 5 heteroatoms. The Labute approximate surface area is 138 Å². The van der Waals surface area contributed by atoms with Crippen molar-refractivity contribution >= 4 is 11.6 Å². The fourth-order valence-electron chi connectivity index (χ4n) is 2.41. The zero-order valence-electron chi connectivity index (χ0n) is 12.6. The Morgan fingerprint density at radius 2 is 1.78 bits per heavy atom. The first-order chi connectivity index (χ1) is 11.2. The number of aromatic nitrogens is 2. The van der Waals surface area contributed by atoms with Gasteiger partial charge in [-0.2, -0.15) is 5.10 Å². The van der Waals surface area contributed by atoms with Crippen molar-refractivity contribution in [3.05, 3.63) is 81.7 Å². The normalized spacial score (nSPS) is 10.5. The maximum absolute atomic E-state index is 12.9. The van der Waals surface area contributed by atoms with Crippen molar-refractivity contribution in [1.82, 2.24) is 9.78 Å². The topological polar surface area (TPSA) is 44.1 Å². The Kier molecular flexibility index (Phi) is 4.44. The summed E-state index contributed by atoms with van der Waals surface area (Å²) in [5.74, 6) is 0.410. The molecule has 3 aromatic rings. The second kappa shape index (κ2) is 6.67. The smallest absolute Gasteiger partial charge is 0.278 e. The van der Waals surface area contributed by atoms with E-state index in [9.17, 15) is 4.79 Å². The van der Waals surface area contributed by atoms with E-state index in [1.807, 2.05) is 42.5 Å². The van der Waals surface area contributed by atoms with Crippen molar-refractivity contribution < 1.29 is 4.74 Å². The predicted octanol–water partition coefficient (Wildman–Crippen LogP) is 3.62. The van der Waals surface area contributed by atoms with E-state index in [0.717, 1.165) is 5.56 Å². The number of rotatable bonds is 4. The van der Waals surface area contributed by atoms with Crippen LogP contribution in [0.1, 0.15) is 5.56 Å². The number of halogens is 1. The van der Waals surface area contributed by atoms with E-state index in [0.29, 0.717) is 28.4 Å². The van der Waals surface area contributed by atoms with Crippen LogP contribution in [0.4, 0.5) is 0 Å². The quantitative estimate of drug-likeness (QED) is 0.735. The molecule has 0 spiro atoms. The van der Waals surface area contributed by atoms with E-state index in [-0.39, 0.29) is 5.56 Å². The number of methoxy groups -OCH3 is 1. The molecule has 0 aliphatic heterocycles. The molecule has 0 radical (unpaired) electrons. The molecular formula is C18H15ClN2O2. The summed E-state index contributed by atoms with van der Waals surface area (Å²) in [7, 11) is 1.51. The lowest BCUT2D eigenvalue weighted by Crippen LogP contribution is -2.25. The molecule has 116 valence electrons. The number of nitrogens with zero attached hydrogens (tertiary/aromatic N) is 2. The van der Waals surface area contributed by atoms with Gasteiger partial charge in [0.2, 0.25) is 0 Å². The Morgan fingerprint density at radius 1 is 1.09 bits per heavy atom. The highest BCUT2D eigenvalue weighted by molar-refractivity contribution is 6.33. The minimum Gasteiger partial charge on any atom is -0.494 e. The Balaban J connectivity index is 2.14. The van der Waals surface area contributed by atoms with Crippen LogP contribution in [0, 0.1) is 0 Å². The fraction of sp³-hybridized carbons (Fsp3) is 0.111. The van der Waals surface area contributed by atoms with Gasteiger partial charge in [0.05, 0.1) is 25.4 Å². The van der Waals surface area contributed by atoms with Gasteiger partial charge in [0.25, 0.3) is 5.56 Å². The molecule has 1 aromatic heterocycles. The summed E-state index contributed by atoms with van der Waals surface area (Å²) >= 11 is 6.25. The van der Waals surface area contributed by atoms with Crippen LogP contribution in [0.2, 0.25) is 5.02 Å². The first kappa shape index (κ1) is 15.3. The van der Waals surface area contributed by atoms with Gasteiger partial charge >= 0.3 is 0 Å². The molecule has 3 rings (SSSR count). The van der Waals surface area contributed by atoms with E-state index in [1.54, 1.807) is 18.3 Å². The molecule has 0 fully saturated rings. The second-order valence-electron chi connectivity index (χ2n) is 5.02. The van der Waals surface area contributed by atoms with Crippen LogP contribution in [-0.4, -0.2) is 16.9 Å². The minimum atomic E-state index is -0.235. The molecule has 0 aliphatic carbocycles. The van der Waals surface area contributed by atoms with E-state index in [4.69, 9.17) is 16.3 Å². The number of benzene rings is 2. The van der Waals surface area contributed by atoms with Gasteiger partial charge in [0.15, 0.2) is 5.75 Å². The van der Waals surface area contributed by atoms with Crippen molar-refractivity contribution in [3.8, 4) is 16.9 Å². The van der Waals surface area contributed by atoms with Gasteiger partial charge in [-0.1, -0.05) is 60.1 Å². The highest BCUT2D eigenvalue weighted by Gasteiger charge is 2.16. The summed E-state index contributed by atoms with van der Waals surface area (Å²) in [6, 6.07) is 16.9. The van der Waals surface area contributed by atoms with E-state index in [2.05, 4.69) is 5.10 Å². The van der Waals surface area contributed by atoms with Crippen LogP contribution in [-0.2, 0) is 6.54 Å². The summed E-state index contributed by atoms with van der Waals surface area (Å²) in [5.41, 5.74) is 1.82. The highest BCUT2D eigenvalue weighted by atomic mass is 35.5. The molecule has 0 amide bonds. The fourth-order valence-corrected chi connectivity index (χ4v) is 2.64. The number of hydrogen-bond donors (Lipinski definition) is 0. The number of ether oxygens (including phenoxy) is 1. The van der Waals surface area contributed by atoms with Gasteiger partial charge in [0, 0.05) is 10.6 Å². The summed E-state index contributed by atoms with van der Waals surface area (Å²) in [5, 5.41) is 4.70. The third kappa shape index (κ3) is 3.12. The second-order valence-corrected chi connectivity index (χ2v) is 5.42. The van der Waals surface area contributed by atoms with Crippen molar-refractivity contribution in [2.45, 2.75) is 6.54 Å². The van der Waals surface area contributed by atoms with Crippen molar-refractivity contribution in [2.24, 2.45) is 0 Å². The average Bonchev–Trinajstić information content (AvgIpc) is 2.58. The van der Waals surface area contributed by atoms with Gasteiger partial charge in [-0.25, -0.2) is 4.68 Å². The van der Waals surface area contributed by atoms with Crippen molar-refractivity contribution in [3.63, 3.8) is 0 Å². The summed E-state index contributed by atoms with van der Waals surface area (Å²) in [6.07, 6.45) is 1.54. The SMILES string of the molecule is COc1cnn(Cc2ccccc2)c(=O)c1-c1ccccc1Cl. The maximum Gasteiger partial charge on any atom is 0.278 e. The van der Waals surface area contributed by atoms with Crippen LogP contribution in [0.15, 0.2) is 65.6 Å². The standard InChI is InChI=1S/C18H15ClN2O2/c1-23-16-11-20-21(12-13-7-3-2-4-8-13)18(22)17(16)14-9-5-6-10-15(14)19/h2-11H,12H2,1H3.